The number of aromatic nitrogens is 4. The molecule has 0 saturated heterocycles. The van der Waals surface area contributed by atoms with Crippen molar-refractivity contribution >= 4 is 22.6 Å². The lowest BCUT2D eigenvalue weighted by Gasteiger charge is -2.21. The van der Waals surface area contributed by atoms with Crippen LogP contribution in [-0.2, 0) is 13.2 Å². The molecule has 0 fully saturated rings. The Morgan fingerprint density at radius 2 is 2.00 bits per heavy atom. The van der Waals surface area contributed by atoms with Gasteiger partial charge in [-0.25, -0.2) is 15.0 Å². The minimum absolute atomic E-state index is 0.132. The van der Waals surface area contributed by atoms with Gasteiger partial charge in [-0.3, -0.25) is 0 Å². The van der Waals surface area contributed by atoms with Crippen molar-refractivity contribution in [2.45, 2.75) is 33.9 Å². The highest BCUT2D eigenvalue weighted by molar-refractivity contribution is 6.29. The maximum Gasteiger partial charge on any atom is 0.143 e. The Bertz CT molecular complexity index is 806. The summed E-state index contributed by atoms with van der Waals surface area (Å²) in [7, 11) is 0. The molecule has 0 aliphatic heterocycles. The summed E-state index contributed by atoms with van der Waals surface area (Å²) < 4.78 is 8.04. The molecule has 3 aromatic heterocycles. The third kappa shape index (κ3) is 3.79. The molecule has 23 heavy (non-hydrogen) atoms. The second-order valence-electron chi connectivity index (χ2n) is 6.69. The summed E-state index contributed by atoms with van der Waals surface area (Å²) in [6.45, 7) is 7.90. The highest BCUT2D eigenvalue weighted by Crippen LogP contribution is 2.25. The summed E-state index contributed by atoms with van der Waals surface area (Å²) in [5.41, 5.74) is 2.13. The first-order valence-electron chi connectivity index (χ1n) is 7.45. The van der Waals surface area contributed by atoms with E-state index in [1.165, 1.54) is 0 Å². The van der Waals surface area contributed by atoms with E-state index in [0.717, 1.165) is 23.3 Å². The van der Waals surface area contributed by atoms with Gasteiger partial charge >= 0.3 is 0 Å². The fourth-order valence-electron chi connectivity index (χ4n) is 2.43. The number of hydrogen-bond acceptors (Lipinski definition) is 4. The summed E-state index contributed by atoms with van der Waals surface area (Å²) in [5, 5.41) is 1.47. The first-order chi connectivity index (χ1) is 10.9. The zero-order valence-corrected chi connectivity index (χ0v) is 14.2. The van der Waals surface area contributed by atoms with E-state index in [1.54, 1.807) is 18.6 Å². The Labute approximate surface area is 140 Å². The van der Waals surface area contributed by atoms with Crippen LogP contribution >= 0.6 is 11.6 Å². The van der Waals surface area contributed by atoms with Gasteiger partial charge < -0.3 is 9.30 Å². The lowest BCUT2D eigenvalue weighted by Crippen LogP contribution is -2.18. The lowest BCUT2D eigenvalue weighted by molar-refractivity contribution is 0.280. The quantitative estimate of drug-likeness (QED) is 0.676. The molecule has 0 bridgehead atoms. The van der Waals surface area contributed by atoms with Crippen LogP contribution in [0, 0.1) is 5.41 Å². The highest BCUT2D eigenvalue weighted by atomic mass is 35.5. The van der Waals surface area contributed by atoms with E-state index < -0.39 is 0 Å². The van der Waals surface area contributed by atoms with Crippen molar-refractivity contribution in [3.63, 3.8) is 0 Å². The van der Waals surface area contributed by atoms with Gasteiger partial charge in [-0.15, -0.1) is 0 Å². The van der Waals surface area contributed by atoms with Crippen LogP contribution in [-0.4, -0.2) is 19.5 Å². The van der Waals surface area contributed by atoms with Crippen molar-refractivity contribution in [1.29, 1.82) is 0 Å². The lowest BCUT2D eigenvalue weighted by atomic mass is 9.97. The van der Waals surface area contributed by atoms with Crippen LogP contribution in [0.25, 0.3) is 11.0 Å². The third-order valence-electron chi connectivity index (χ3n) is 3.36. The van der Waals surface area contributed by atoms with Crippen LogP contribution < -0.4 is 4.74 Å². The van der Waals surface area contributed by atoms with Crippen LogP contribution in [0.1, 0.15) is 26.5 Å². The predicted octanol–water partition coefficient (Wildman–Crippen LogP) is 4.10. The summed E-state index contributed by atoms with van der Waals surface area (Å²) in [4.78, 5) is 12.5. The van der Waals surface area contributed by atoms with Gasteiger partial charge in [-0.2, -0.15) is 0 Å². The molecule has 0 amide bonds. The van der Waals surface area contributed by atoms with Gasteiger partial charge in [0, 0.05) is 18.1 Å². The van der Waals surface area contributed by atoms with Crippen molar-refractivity contribution in [3.8, 4) is 5.75 Å². The number of nitrogens with zero attached hydrogens (tertiary/aromatic N) is 4. The maximum absolute atomic E-state index is 5.84. The van der Waals surface area contributed by atoms with Crippen molar-refractivity contribution < 1.29 is 4.74 Å². The molecule has 0 aliphatic carbocycles. The molecular weight excluding hydrogens is 312 g/mol. The largest absolute Gasteiger partial charge is 0.486 e. The number of hydrogen-bond donors (Lipinski definition) is 0. The molecule has 0 aliphatic rings. The Kier molecular flexibility index (Phi) is 4.22. The summed E-state index contributed by atoms with van der Waals surface area (Å²) >= 11 is 5.79. The van der Waals surface area contributed by atoms with Gasteiger partial charge in [0.25, 0.3) is 0 Å². The monoisotopic (exact) mass is 330 g/mol. The molecule has 3 aromatic rings. The zero-order chi connectivity index (χ0) is 16.4. The molecule has 0 radical (unpaired) electrons. The standard InChI is InChI=1S/C17H19ClN4O/c1-17(2,3)10-22-13(6-12-7-19-11-21-16(12)22)9-23-14-4-5-15(18)20-8-14/h4-8,11H,9-10H2,1-3H3. The van der Waals surface area contributed by atoms with Crippen LogP contribution in [0.5, 0.6) is 5.75 Å². The molecule has 0 aromatic carbocycles. The van der Waals surface area contributed by atoms with Crippen molar-refractivity contribution in [1.82, 2.24) is 19.5 Å². The predicted molar refractivity (Wildman–Crippen MR) is 90.6 cm³/mol. The fourth-order valence-corrected chi connectivity index (χ4v) is 2.54. The van der Waals surface area contributed by atoms with Crippen molar-refractivity contribution in [2.24, 2.45) is 5.41 Å². The second-order valence-corrected chi connectivity index (χ2v) is 7.08. The Hall–Kier alpha value is -2.14. The topological polar surface area (TPSA) is 52.8 Å². The summed E-state index contributed by atoms with van der Waals surface area (Å²) in [6.07, 6.45) is 5.03. The van der Waals surface area contributed by atoms with Crippen LogP contribution in [0.3, 0.4) is 0 Å². The molecule has 0 atom stereocenters. The summed E-state index contributed by atoms with van der Waals surface area (Å²) in [5.74, 6) is 0.688. The minimum Gasteiger partial charge on any atom is -0.486 e. The number of fused-ring (bicyclic) bond motifs is 1. The molecular formula is C17H19ClN4O. The zero-order valence-electron chi connectivity index (χ0n) is 13.5. The van der Waals surface area contributed by atoms with E-state index in [0.29, 0.717) is 17.5 Å². The number of pyridine rings is 1. The average molecular weight is 331 g/mol. The maximum atomic E-state index is 5.84. The smallest absolute Gasteiger partial charge is 0.143 e. The molecule has 5 nitrogen and oxygen atoms in total. The summed E-state index contributed by atoms with van der Waals surface area (Å²) in [6, 6.07) is 5.60. The van der Waals surface area contributed by atoms with Gasteiger partial charge in [0.05, 0.1) is 11.9 Å². The van der Waals surface area contributed by atoms with Crippen LogP contribution in [0.15, 0.2) is 36.9 Å². The first kappa shape index (κ1) is 15.7. The van der Waals surface area contributed by atoms with Gasteiger partial charge in [0.15, 0.2) is 0 Å². The van der Waals surface area contributed by atoms with Crippen LogP contribution in [0.2, 0.25) is 5.15 Å². The van der Waals surface area contributed by atoms with Gasteiger partial charge in [-0.1, -0.05) is 32.4 Å². The SMILES string of the molecule is CC(C)(C)Cn1c(COc2ccc(Cl)nc2)cc2cncnc21. The van der Waals surface area contributed by atoms with Gasteiger partial charge in [0.1, 0.15) is 29.5 Å². The van der Waals surface area contributed by atoms with E-state index >= 15 is 0 Å². The van der Waals surface area contributed by atoms with E-state index in [9.17, 15) is 0 Å². The van der Waals surface area contributed by atoms with E-state index in [-0.39, 0.29) is 5.41 Å². The molecule has 6 heteroatoms. The Balaban J connectivity index is 1.89. The minimum atomic E-state index is 0.132. The molecule has 3 heterocycles. The number of halogens is 1. The first-order valence-corrected chi connectivity index (χ1v) is 7.83. The average Bonchev–Trinajstić information content (AvgIpc) is 2.83. The Morgan fingerprint density at radius 1 is 1.17 bits per heavy atom. The van der Waals surface area contributed by atoms with Gasteiger partial charge in [0.2, 0.25) is 0 Å². The van der Waals surface area contributed by atoms with E-state index in [4.69, 9.17) is 16.3 Å². The van der Waals surface area contributed by atoms with E-state index in [1.807, 2.05) is 12.3 Å². The van der Waals surface area contributed by atoms with Crippen LogP contribution in [0.4, 0.5) is 0 Å². The normalized spacial score (nSPS) is 11.8. The van der Waals surface area contributed by atoms with Gasteiger partial charge in [-0.05, 0) is 23.6 Å². The molecule has 0 spiro atoms. The number of ether oxygens (including phenoxy) is 1. The molecule has 0 N–H and O–H groups in total. The fraction of sp³-hybridized carbons (Fsp3) is 0.353. The molecule has 0 saturated carbocycles. The number of rotatable bonds is 4. The highest BCUT2D eigenvalue weighted by Gasteiger charge is 2.17. The molecule has 3 rings (SSSR count). The Morgan fingerprint density at radius 3 is 2.70 bits per heavy atom. The third-order valence-corrected chi connectivity index (χ3v) is 3.59. The van der Waals surface area contributed by atoms with Crippen molar-refractivity contribution in [3.05, 3.63) is 47.8 Å². The second kappa shape index (κ2) is 6.16. The van der Waals surface area contributed by atoms with E-state index in [2.05, 4.69) is 46.4 Å². The molecule has 120 valence electrons. The molecule has 0 unspecified atom stereocenters. The van der Waals surface area contributed by atoms with Crippen molar-refractivity contribution in [2.75, 3.05) is 0 Å².